The van der Waals surface area contributed by atoms with Crippen molar-refractivity contribution in [2.24, 2.45) is 5.10 Å². The van der Waals surface area contributed by atoms with Crippen LogP contribution in [0.1, 0.15) is 28.4 Å². The third kappa shape index (κ3) is 7.66. The summed E-state index contributed by atoms with van der Waals surface area (Å²) in [6.45, 7) is 1.82. The molecule has 1 heterocycles. The molecule has 1 amide bonds. The molecular formula is C26H23ClN6O3S. The second-order valence-corrected chi connectivity index (χ2v) is 9.07. The van der Waals surface area contributed by atoms with Crippen LogP contribution in [-0.4, -0.2) is 38.8 Å². The van der Waals surface area contributed by atoms with Crippen LogP contribution in [0.5, 0.6) is 5.75 Å². The number of Topliss-reactive ketones (excluding diaryl/α,β-unsaturated/α-hetero) is 1. The summed E-state index contributed by atoms with van der Waals surface area (Å²) in [7, 11) is 0. The molecule has 0 atom stereocenters. The minimum absolute atomic E-state index is 0.0299. The molecule has 0 aliphatic carbocycles. The molecule has 37 heavy (non-hydrogen) atoms. The lowest BCUT2D eigenvalue weighted by Crippen LogP contribution is -2.14. The Morgan fingerprint density at radius 1 is 1.08 bits per heavy atom. The molecule has 9 nitrogen and oxygen atoms in total. The van der Waals surface area contributed by atoms with Crippen LogP contribution >= 0.6 is 23.4 Å². The highest BCUT2D eigenvalue weighted by molar-refractivity contribution is 7.99. The summed E-state index contributed by atoms with van der Waals surface area (Å²) in [4.78, 5) is 27.8. The lowest BCUT2D eigenvalue weighted by Gasteiger charge is -2.10. The fourth-order valence-electron chi connectivity index (χ4n) is 3.13. The molecule has 0 saturated heterocycles. The molecule has 0 fully saturated rings. The number of anilines is 2. The second-order valence-electron chi connectivity index (χ2n) is 7.72. The highest BCUT2D eigenvalue weighted by atomic mass is 35.5. The number of aromatic amines is 1. The van der Waals surface area contributed by atoms with Crippen LogP contribution in [0, 0.1) is 0 Å². The van der Waals surface area contributed by atoms with Gasteiger partial charge in [-0.1, -0.05) is 53.7 Å². The quantitative estimate of drug-likeness (QED) is 0.102. The van der Waals surface area contributed by atoms with Gasteiger partial charge >= 0.3 is 0 Å². The van der Waals surface area contributed by atoms with Gasteiger partial charge in [0.25, 0.3) is 0 Å². The molecule has 0 spiro atoms. The lowest BCUT2D eigenvalue weighted by molar-refractivity contribution is -0.113. The topological polar surface area (TPSA) is 121 Å². The van der Waals surface area contributed by atoms with E-state index in [0.29, 0.717) is 39.7 Å². The summed E-state index contributed by atoms with van der Waals surface area (Å²) in [6, 6.07) is 21.7. The molecule has 0 aliphatic heterocycles. The van der Waals surface area contributed by atoms with Gasteiger partial charge in [-0.15, -0.1) is 5.10 Å². The Hall–Kier alpha value is -4.15. The number of amides is 1. The van der Waals surface area contributed by atoms with E-state index in [1.165, 1.54) is 18.7 Å². The van der Waals surface area contributed by atoms with E-state index in [9.17, 15) is 9.59 Å². The van der Waals surface area contributed by atoms with Gasteiger partial charge in [-0.25, -0.2) is 10.5 Å². The number of hydrazone groups is 1. The van der Waals surface area contributed by atoms with Crippen LogP contribution in [-0.2, 0) is 11.4 Å². The van der Waals surface area contributed by atoms with Crippen molar-refractivity contribution in [3.63, 3.8) is 0 Å². The van der Waals surface area contributed by atoms with Crippen molar-refractivity contribution in [2.45, 2.75) is 18.7 Å². The number of H-pyrrole nitrogens is 1. The fourth-order valence-corrected chi connectivity index (χ4v) is 3.92. The Bertz CT molecular complexity index is 1410. The van der Waals surface area contributed by atoms with E-state index in [4.69, 9.17) is 16.3 Å². The van der Waals surface area contributed by atoms with Gasteiger partial charge in [0.1, 0.15) is 12.4 Å². The number of halogens is 1. The summed E-state index contributed by atoms with van der Waals surface area (Å²) < 4.78 is 5.93. The van der Waals surface area contributed by atoms with Crippen molar-refractivity contribution < 1.29 is 14.3 Å². The predicted octanol–water partition coefficient (Wildman–Crippen LogP) is 5.42. The van der Waals surface area contributed by atoms with Crippen LogP contribution in [0.25, 0.3) is 0 Å². The van der Waals surface area contributed by atoms with Gasteiger partial charge < -0.3 is 10.1 Å². The molecule has 188 valence electrons. The van der Waals surface area contributed by atoms with Crippen molar-refractivity contribution in [1.82, 2.24) is 15.2 Å². The summed E-state index contributed by atoms with van der Waals surface area (Å²) >= 11 is 7.38. The van der Waals surface area contributed by atoms with Gasteiger partial charge in [0.15, 0.2) is 5.78 Å². The van der Waals surface area contributed by atoms with Crippen molar-refractivity contribution in [1.29, 1.82) is 0 Å². The number of benzene rings is 3. The normalized spacial score (nSPS) is 10.9. The average molecular weight is 535 g/mol. The maximum atomic E-state index is 12.2. The van der Waals surface area contributed by atoms with E-state index in [0.717, 1.165) is 11.1 Å². The highest BCUT2D eigenvalue weighted by Gasteiger charge is 2.09. The molecule has 0 saturated carbocycles. The first-order chi connectivity index (χ1) is 18.0. The molecule has 11 heteroatoms. The molecule has 3 aromatic carbocycles. The molecule has 4 aromatic rings. The summed E-state index contributed by atoms with van der Waals surface area (Å²) in [5.74, 6) is 0.853. The maximum Gasteiger partial charge on any atom is 0.240 e. The van der Waals surface area contributed by atoms with Gasteiger partial charge in [0.05, 0.1) is 12.0 Å². The Labute approximate surface area is 222 Å². The van der Waals surface area contributed by atoms with E-state index in [1.807, 2.05) is 48.5 Å². The van der Waals surface area contributed by atoms with E-state index in [-0.39, 0.29) is 17.4 Å². The molecule has 0 bridgehead atoms. The van der Waals surface area contributed by atoms with Gasteiger partial charge in [-0.05, 0) is 49.4 Å². The third-order valence-electron chi connectivity index (χ3n) is 5.01. The number of carbonyl (C=O) groups is 2. The summed E-state index contributed by atoms with van der Waals surface area (Å²) in [5, 5.41) is 14.8. The van der Waals surface area contributed by atoms with Gasteiger partial charge in [-0.3, -0.25) is 9.59 Å². The second kappa shape index (κ2) is 12.7. The molecule has 0 aliphatic rings. The van der Waals surface area contributed by atoms with Gasteiger partial charge in [0.2, 0.25) is 17.0 Å². The first-order valence-electron chi connectivity index (χ1n) is 11.2. The Kier molecular flexibility index (Phi) is 8.90. The van der Waals surface area contributed by atoms with Crippen molar-refractivity contribution >= 4 is 52.9 Å². The minimum atomic E-state index is -0.216. The van der Waals surface area contributed by atoms with Crippen LogP contribution in [0.15, 0.2) is 83.1 Å². The summed E-state index contributed by atoms with van der Waals surface area (Å²) in [5.41, 5.74) is 5.64. The number of hydrogen-bond acceptors (Lipinski definition) is 8. The number of nitrogens with one attached hydrogen (secondary N) is 3. The summed E-state index contributed by atoms with van der Waals surface area (Å²) in [6.07, 6.45) is 1.61. The minimum Gasteiger partial charge on any atom is -0.488 e. The van der Waals surface area contributed by atoms with Crippen molar-refractivity contribution in [3.05, 3.63) is 94.5 Å². The average Bonchev–Trinajstić information content (AvgIpc) is 3.36. The largest absolute Gasteiger partial charge is 0.488 e. The first kappa shape index (κ1) is 25.9. The van der Waals surface area contributed by atoms with Crippen LogP contribution in [0.3, 0.4) is 0 Å². The molecule has 1 aromatic heterocycles. The van der Waals surface area contributed by atoms with E-state index >= 15 is 0 Å². The number of thioether (sulfide) groups is 1. The van der Waals surface area contributed by atoms with Crippen molar-refractivity contribution in [3.8, 4) is 5.75 Å². The lowest BCUT2D eigenvalue weighted by atomic mass is 10.1. The van der Waals surface area contributed by atoms with E-state index < -0.39 is 0 Å². The monoisotopic (exact) mass is 534 g/mol. The number of hydrogen-bond donors (Lipinski definition) is 3. The SMILES string of the molecule is CC(=O)c1ccc(NC(=O)CSc2n[nH]c(N/N=C/c3ccccc3OCc3ccccc3Cl)n2)cc1. The third-order valence-corrected chi connectivity index (χ3v) is 6.22. The molecule has 0 unspecified atom stereocenters. The van der Waals surface area contributed by atoms with Crippen LogP contribution < -0.4 is 15.5 Å². The number of para-hydroxylation sites is 1. The number of nitrogens with zero attached hydrogens (tertiary/aromatic N) is 3. The van der Waals surface area contributed by atoms with Crippen LogP contribution in [0.2, 0.25) is 5.02 Å². The number of ketones is 1. The standard InChI is InChI=1S/C26H23ClN6O3S/c1-17(34)18-10-12-21(13-11-18)29-24(35)16-37-26-30-25(32-33-26)31-28-14-19-6-3-5-9-23(19)36-15-20-7-2-4-8-22(20)27/h2-14H,15-16H2,1H3,(H,29,35)(H2,30,31,32,33)/b28-14+. The fraction of sp³-hybridized carbons (Fsp3) is 0.115. The highest BCUT2D eigenvalue weighted by Crippen LogP contribution is 2.21. The molecule has 0 radical (unpaired) electrons. The predicted molar refractivity (Wildman–Crippen MR) is 146 cm³/mol. The van der Waals surface area contributed by atoms with Crippen LogP contribution in [0.4, 0.5) is 11.6 Å². The molecule has 4 rings (SSSR count). The zero-order valence-corrected chi connectivity index (χ0v) is 21.3. The number of carbonyl (C=O) groups excluding carboxylic acids is 2. The molecular weight excluding hydrogens is 512 g/mol. The van der Waals surface area contributed by atoms with Crippen molar-refractivity contribution in [2.75, 3.05) is 16.5 Å². The Balaban J connectivity index is 1.26. The zero-order valence-electron chi connectivity index (χ0n) is 19.8. The van der Waals surface area contributed by atoms with Gasteiger partial charge in [0, 0.05) is 27.4 Å². The Morgan fingerprint density at radius 3 is 2.62 bits per heavy atom. The van der Waals surface area contributed by atoms with E-state index in [2.05, 4.69) is 31.0 Å². The Morgan fingerprint density at radius 2 is 1.84 bits per heavy atom. The molecule has 3 N–H and O–H groups in total. The number of ether oxygens (including phenoxy) is 1. The van der Waals surface area contributed by atoms with E-state index in [1.54, 1.807) is 30.5 Å². The van der Waals surface area contributed by atoms with Gasteiger partial charge in [-0.2, -0.15) is 10.1 Å². The number of rotatable bonds is 11. The zero-order chi connectivity index (χ0) is 26.0. The maximum absolute atomic E-state index is 12.2. The first-order valence-corrected chi connectivity index (χ1v) is 12.5. The smallest absolute Gasteiger partial charge is 0.240 e. The number of aromatic nitrogens is 3.